The van der Waals surface area contributed by atoms with Crippen molar-refractivity contribution in [3.8, 4) is 0 Å². The molecule has 1 saturated heterocycles. The summed E-state index contributed by atoms with van der Waals surface area (Å²) < 4.78 is 14.4. The van der Waals surface area contributed by atoms with Gasteiger partial charge < -0.3 is 5.32 Å². The van der Waals surface area contributed by atoms with Crippen LogP contribution < -0.4 is 10.2 Å². The van der Waals surface area contributed by atoms with Crippen molar-refractivity contribution in [1.29, 1.82) is 0 Å². The molecule has 0 saturated carbocycles. The molecule has 194 valence electrons. The van der Waals surface area contributed by atoms with Gasteiger partial charge in [0.15, 0.2) is 5.13 Å². The number of carbonyl (C=O) groups is 3. The highest BCUT2D eigenvalue weighted by Gasteiger charge is 2.53. The lowest BCUT2D eigenvalue weighted by molar-refractivity contribution is -0.139. The Morgan fingerprint density at radius 1 is 1.00 bits per heavy atom. The Hall–Kier alpha value is -3.04. The fraction of sp³-hybridized carbons (Fsp3) is 0.185. The van der Waals surface area contributed by atoms with Gasteiger partial charge in [0.25, 0.3) is 5.91 Å². The smallest absolute Gasteiger partial charge is 0.297 e. The summed E-state index contributed by atoms with van der Waals surface area (Å²) in [6.45, 7) is 0.271. The Morgan fingerprint density at radius 2 is 1.76 bits per heavy atom. The minimum Gasteiger partial charge on any atom is -0.355 e. The molecule has 2 atom stereocenters. The average molecular weight is 591 g/mol. The molecule has 1 aliphatic rings. The molecule has 0 aliphatic carbocycles. The van der Waals surface area contributed by atoms with Gasteiger partial charge in [0.1, 0.15) is 11.7 Å². The van der Waals surface area contributed by atoms with Gasteiger partial charge in [-0.05, 0) is 66.4 Å². The molecule has 2 unspecified atom stereocenters. The van der Waals surface area contributed by atoms with Crippen LogP contribution in [-0.2, 0) is 20.8 Å². The molecular formula is C27H19Cl3FN3O3S. The first-order chi connectivity index (χ1) is 18.2. The molecule has 11 heteroatoms. The Balaban J connectivity index is 1.40. The van der Waals surface area contributed by atoms with Gasteiger partial charge in [0, 0.05) is 11.6 Å². The lowest BCUT2D eigenvalue weighted by Crippen LogP contribution is -2.38. The predicted octanol–water partition coefficient (Wildman–Crippen LogP) is 6.42. The summed E-state index contributed by atoms with van der Waals surface area (Å²) in [6, 6.07) is 14.8. The zero-order chi connectivity index (χ0) is 27.0. The number of fused-ring (bicyclic) bond motifs is 1. The number of anilines is 1. The van der Waals surface area contributed by atoms with Crippen LogP contribution in [0.3, 0.4) is 0 Å². The van der Waals surface area contributed by atoms with Gasteiger partial charge in [-0.2, -0.15) is 0 Å². The minimum atomic E-state index is -1.33. The van der Waals surface area contributed by atoms with Crippen LogP contribution in [0.25, 0.3) is 10.2 Å². The maximum atomic E-state index is 13.7. The third-order valence-electron chi connectivity index (χ3n) is 6.27. The van der Waals surface area contributed by atoms with Crippen molar-refractivity contribution in [2.45, 2.75) is 18.9 Å². The third-order valence-corrected chi connectivity index (χ3v) is 8.26. The summed E-state index contributed by atoms with van der Waals surface area (Å²) in [6.07, 6.45) is 1.19. The van der Waals surface area contributed by atoms with Crippen molar-refractivity contribution in [2.75, 3.05) is 11.4 Å². The molecule has 0 spiro atoms. The van der Waals surface area contributed by atoms with Crippen LogP contribution in [0.15, 0.2) is 60.7 Å². The lowest BCUT2D eigenvalue weighted by Gasteiger charge is -2.25. The van der Waals surface area contributed by atoms with Crippen LogP contribution in [-0.4, -0.2) is 29.1 Å². The molecule has 1 N–H and O–H groups in total. The van der Waals surface area contributed by atoms with E-state index in [1.165, 1.54) is 40.5 Å². The molecule has 2 heterocycles. The summed E-state index contributed by atoms with van der Waals surface area (Å²) in [4.78, 5) is 45.5. The molecule has 0 radical (unpaired) electrons. The number of hydrogen-bond acceptors (Lipinski definition) is 5. The second-order valence-corrected chi connectivity index (χ2v) is 11.0. The van der Waals surface area contributed by atoms with Crippen LogP contribution in [0.5, 0.6) is 0 Å². The van der Waals surface area contributed by atoms with E-state index in [0.29, 0.717) is 39.0 Å². The van der Waals surface area contributed by atoms with Crippen LogP contribution in [0.2, 0.25) is 15.1 Å². The van der Waals surface area contributed by atoms with E-state index in [2.05, 4.69) is 10.3 Å². The van der Waals surface area contributed by atoms with E-state index in [-0.39, 0.29) is 11.7 Å². The van der Waals surface area contributed by atoms with Crippen LogP contribution in [0, 0.1) is 11.7 Å². The monoisotopic (exact) mass is 589 g/mol. The number of nitrogens with one attached hydrogen (secondary N) is 1. The van der Waals surface area contributed by atoms with Gasteiger partial charge in [-0.1, -0.05) is 64.3 Å². The van der Waals surface area contributed by atoms with Crippen LogP contribution in [0.4, 0.5) is 9.52 Å². The van der Waals surface area contributed by atoms with E-state index < -0.39 is 35.4 Å². The van der Waals surface area contributed by atoms with Crippen molar-refractivity contribution >= 4 is 79.1 Å². The number of Topliss-reactive ketones (excluding diaryl/α,β-unsaturated/α-hetero) is 1. The SMILES string of the molecule is O=C(NCCCc1ccc(Cl)c(Cl)c1)C1C(=O)C(=O)N(c2nc3ccc(Cl)cc3s2)C1c1ccc(F)cc1. The highest BCUT2D eigenvalue weighted by molar-refractivity contribution is 7.22. The Kier molecular flexibility index (Phi) is 7.68. The van der Waals surface area contributed by atoms with E-state index in [1.807, 2.05) is 6.07 Å². The number of aromatic nitrogens is 1. The number of halogens is 4. The zero-order valence-electron chi connectivity index (χ0n) is 19.6. The van der Waals surface area contributed by atoms with E-state index >= 15 is 0 Å². The molecule has 4 aromatic rings. The fourth-order valence-corrected chi connectivity index (χ4v) is 6.04. The van der Waals surface area contributed by atoms with E-state index in [1.54, 1.807) is 30.3 Å². The van der Waals surface area contributed by atoms with Crippen molar-refractivity contribution in [2.24, 2.45) is 5.92 Å². The van der Waals surface area contributed by atoms with Gasteiger partial charge >= 0.3 is 0 Å². The summed E-state index contributed by atoms with van der Waals surface area (Å²) >= 11 is 19.3. The van der Waals surface area contributed by atoms with Crippen LogP contribution in [0.1, 0.15) is 23.6 Å². The van der Waals surface area contributed by atoms with Crippen LogP contribution >= 0.6 is 46.1 Å². The quantitative estimate of drug-likeness (QED) is 0.153. The Morgan fingerprint density at radius 3 is 2.50 bits per heavy atom. The number of nitrogens with zero attached hydrogens (tertiary/aromatic N) is 2. The Bertz CT molecular complexity index is 1560. The largest absolute Gasteiger partial charge is 0.355 e. The number of rotatable bonds is 7. The Labute approximate surface area is 236 Å². The van der Waals surface area contributed by atoms with Crippen molar-refractivity contribution in [3.05, 3.63) is 92.7 Å². The molecule has 2 amide bonds. The highest BCUT2D eigenvalue weighted by Crippen LogP contribution is 2.43. The van der Waals surface area contributed by atoms with Crippen molar-refractivity contribution < 1.29 is 18.8 Å². The van der Waals surface area contributed by atoms with Gasteiger partial charge in [0.05, 0.1) is 26.3 Å². The normalized spacial score (nSPS) is 17.4. The minimum absolute atomic E-state index is 0.254. The topological polar surface area (TPSA) is 79.4 Å². The van der Waals surface area contributed by atoms with Crippen molar-refractivity contribution in [1.82, 2.24) is 10.3 Å². The summed E-state index contributed by atoms with van der Waals surface area (Å²) in [5.74, 6) is -4.08. The number of hydrogen-bond donors (Lipinski definition) is 1. The lowest BCUT2D eigenvalue weighted by atomic mass is 9.92. The summed E-state index contributed by atoms with van der Waals surface area (Å²) in [5, 5.41) is 4.45. The summed E-state index contributed by atoms with van der Waals surface area (Å²) in [5.41, 5.74) is 1.99. The number of amides is 2. The highest BCUT2D eigenvalue weighted by atomic mass is 35.5. The fourth-order valence-electron chi connectivity index (χ4n) is 4.44. The molecule has 1 aliphatic heterocycles. The maximum Gasteiger partial charge on any atom is 0.297 e. The van der Waals surface area contributed by atoms with Gasteiger partial charge in [-0.25, -0.2) is 9.37 Å². The average Bonchev–Trinajstić information content (AvgIpc) is 3.42. The summed E-state index contributed by atoms with van der Waals surface area (Å²) in [7, 11) is 0. The molecule has 6 nitrogen and oxygen atoms in total. The molecule has 3 aromatic carbocycles. The van der Waals surface area contributed by atoms with E-state index in [9.17, 15) is 18.8 Å². The van der Waals surface area contributed by atoms with Gasteiger partial charge in [-0.3, -0.25) is 19.3 Å². The molecular weight excluding hydrogens is 572 g/mol. The maximum absolute atomic E-state index is 13.7. The van der Waals surface area contributed by atoms with E-state index in [0.717, 1.165) is 10.3 Å². The number of aryl methyl sites for hydroxylation is 1. The second kappa shape index (κ2) is 11.0. The molecule has 0 bridgehead atoms. The third kappa shape index (κ3) is 5.27. The zero-order valence-corrected chi connectivity index (χ0v) is 22.7. The molecule has 1 aromatic heterocycles. The van der Waals surface area contributed by atoms with Gasteiger partial charge in [-0.15, -0.1) is 0 Å². The van der Waals surface area contributed by atoms with E-state index in [4.69, 9.17) is 34.8 Å². The second-order valence-electron chi connectivity index (χ2n) is 8.76. The molecule has 5 rings (SSSR count). The standard InChI is InChI=1S/C27H19Cl3FN3O3S/c28-16-6-10-20-21(13-16)38-27(33-20)34-23(15-4-7-17(31)8-5-15)22(24(35)26(34)37)25(36)32-11-1-2-14-3-9-18(29)19(30)12-14/h3-10,12-13,22-23H,1-2,11H2,(H,32,36). The number of ketones is 1. The first-order valence-corrected chi connectivity index (χ1v) is 13.6. The number of carbonyl (C=O) groups excluding carboxylic acids is 3. The predicted molar refractivity (Wildman–Crippen MR) is 148 cm³/mol. The first-order valence-electron chi connectivity index (χ1n) is 11.6. The first kappa shape index (κ1) is 26.6. The number of thiazole rings is 1. The molecule has 38 heavy (non-hydrogen) atoms. The van der Waals surface area contributed by atoms with Gasteiger partial charge in [0.2, 0.25) is 11.7 Å². The number of benzene rings is 3. The molecule has 1 fully saturated rings. The van der Waals surface area contributed by atoms with Crippen molar-refractivity contribution in [3.63, 3.8) is 0 Å².